The Kier molecular flexibility index (Phi) is 3.81. The summed E-state index contributed by atoms with van der Waals surface area (Å²) in [7, 11) is 0. The van der Waals surface area contributed by atoms with E-state index >= 15 is 0 Å². The van der Waals surface area contributed by atoms with Crippen molar-refractivity contribution >= 4 is 17.5 Å². The molecule has 0 N–H and O–H groups in total. The molecule has 0 amide bonds. The lowest BCUT2D eigenvalue weighted by molar-refractivity contribution is 0.103. The van der Waals surface area contributed by atoms with Gasteiger partial charge in [-0.05, 0) is 54.8 Å². The number of nitrogens with zero attached hydrogens (tertiary/aromatic N) is 1. The van der Waals surface area contributed by atoms with Gasteiger partial charge in [-0.2, -0.15) is 5.26 Å². The van der Waals surface area contributed by atoms with Crippen LogP contribution in [-0.2, 0) is 0 Å². The standard InChI is InChI=1S/C15H11NOS/c1-18-14-8-6-13(7-9-14)15(17)12-4-2-11(10-16)3-5-12/h2-9H,1H3. The Morgan fingerprint density at radius 1 is 1.00 bits per heavy atom. The van der Waals surface area contributed by atoms with Crippen LogP contribution in [-0.4, -0.2) is 12.0 Å². The second-order valence-corrected chi connectivity index (χ2v) is 4.63. The molecule has 0 spiro atoms. The lowest BCUT2D eigenvalue weighted by Crippen LogP contribution is -2.00. The third-order valence-electron chi connectivity index (χ3n) is 2.63. The molecule has 0 saturated carbocycles. The second-order valence-electron chi connectivity index (χ2n) is 3.75. The Labute approximate surface area is 110 Å². The first-order chi connectivity index (χ1) is 8.74. The van der Waals surface area contributed by atoms with Gasteiger partial charge in [0.2, 0.25) is 0 Å². The van der Waals surface area contributed by atoms with E-state index in [1.165, 1.54) is 0 Å². The molecule has 0 bridgehead atoms. The number of ketones is 1. The van der Waals surface area contributed by atoms with E-state index in [0.717, 1.165) is 4.90 Å². The van der Waals surface area contributed by atoms with Crippen molar-refractivity contribution < 1.29 is 4.79 Å². The van der Waals surface area contributed by atoms with Crippen LogP contribution in [0.1, 0.15) is 21.5 Å². The van der Waals surface area contributed by atoms with Gasteiger partial charge in [-0.1, -0.05) is 0 Å². The molecule has 2 rings (SSSR count). The molecule has 2 aromatic rings. The van der Waals surface area contributed by atoms with Crippen molar-refractivity contribution in [2.24, 2.45) is 0 Å². The van der Waals surface area contributed by atoms with Crippen molar-refractivity contribution in [3.05, 3.63) is 65.2 Å². The smallest absolute Gasteiger partial charge is 0.193 e. The van der Waals surface area contributed by atoms with Gasteiger partial charge in [0.15, 0.2) is 5.78 Å². The summed E-state index contributed by atoms with van der Waals surface area (Å²) in [6.45, 7) is 0. The van der Waals surface area contributed by atoms with E-state index < -0.39 is 0 Å². The number of hydrogen-bond donors (Lipinski definition) is 0. The largest absolute Gasteiger partial charge is 0.289 e. The number of benzene rings is 2. The van der Waals surface area contributed by atoms with E-state index in [2.05, 4.69) is 0 Å². The molecule has 0 fully saturated rings. The molecular formula is C15H11NOS. The van der Waals surface area contributed by atoms with Crippen molar-refractivity contribution in [3.63, 3.8) is 0 Å². The third-order valence-corrected chi connectivity index (χ3v) is 3.37. The molecule has 0 aliphatic carbocycles. The number of nitriles is 1. The third kappa shape index (κ3) is 2.61. The van der Waals surface area contributed by atoms with E-state index in [4.69, 9.17) is 5.26 Å². The SMILES string of the molecule is CSc1ccc(C(=O)c2ccc(C#N)cc2)cc1. The minimum atomic E-state index is -0.0212. The summed E-state index contributed by atoms with van der Waals surface area (Å²) in [6, 6.07) is 16.2. The zero-order valence-corrected chi connectivity index (χ0v) is 10.7. The van der Waals surface area contributed by atoms with E-state index in [-0.39, 0.29) is 5.78 Å². The van der Waals surface area contributed by atoms with Gasteiger partial charge in [-0.3, -0.25) is 4.79 Å². The minimum Gasteiger partial charge on any atom is -0.289 e. The fourth-order valence-electron chi connectivity index (χ4n) is 1.61. The molecule has 18 heavy (non-hydrogen) atoms. The van der Waals surface area contributed by atoms with Crippen molar-refractivity contribution in [3.8, 4) is 6.07 Å². The summed E-state index contributed by atoms with van der Waals surface area (Å²) in [5, 5.41) is 8.70. The van der Waals surface area contributed by atoms with Gasteiger partial charge in [-0.25, -0.2) is 0 Å². The quantitative estimate of drug-likeness (QED) is 0.621. The maximum Gasteiger partial charge on any atom is 0.193 e. The van der Waals surface area contributed by atoms with Gasteiger partial charge in [0.25, 0.3) is 0 Å². The fourth-order valence-corrected chi connectivity index (χ4v) is 2.01. The number of rotatable bonds is 3. The van der Waals surface area contributed by atoms with Crippen molar-refractivity contribution in [1.82, 2.24) is 0 Å². The number of carbonyl (C=O) groups is 1. The average molecular weight is 253 g/mol. The highest BCUT2D eigenvalue weighted by atomic mass is 32.2. The fraction of sp³-hybridized carbons (Fsp3) is 0.0667. The lowest BCUT2D eigenvalue weighted by Gasteiger charge is -2.02. The molecule has 3 heteroatoms. The van der Waals surface area contributed by atoms with Crippen LogP contribution in [0.15, 0.2) is 53.4 Å². The zero-order chi connectivity index (χ0) is 13.0. The minimum absolute atomic E-state index is 0.0212. The Hall–Kier alpha value is -2.05. The van der Waals surface area contributed by atoms with E-state index in [1.807, 2.05) is 36.6 Å². The maximum atomic E-state index is 12.2. The van der Waals surface area contributed by atoms with Crippen LogP contribution in [0.2, 0.25) is 0 Å². The summed E-state index contributed by atoms with van der Waals surface area (Å²) in [4.78, 5) is 13.3. The molecule has 0 unspecified atom stereocenters. The van der Waals surface area contributed by atoms with Crippen LogP contribution < -0.4 is 0 Å². The first-order valence-electron chi connectivity index (χ1n) is 5.43. The average Bonchev–Trinajstić information content (AvgIpc) is 2.47. The highest BCUT2D eigenvalue weighted by Gasteiger charge is 2.08. The first kappa shape index (κ1) is 12.4. The van der Waals surface area contributed by atoms with Crippen LogP contribution in [0, 0.1) is 11.3 Å². The summed E-state index contributed by atoms with van der Waals surface area (Å²) >= 11 is 1.64. The number of hydrogen-bond acceptors (Lipinski definition) is 3. The van der Waals surface area contributed by atoms with Gasteiger partial charge in [0.1, 0.15) is 0 Å². The Bertz CT molecular complexity index is 594. The van der Waals surface area contributed by atoms with Crippen molar-refractivity contribution in [1.29, 1.82) is 5.26 Å². The van der Waals surface area contributed by atoms with Crippen LogP contribution in [0.4, 0.5) is 0 Å². The summed E-state index contributed by atoms with van der Waals surface area (Å²) in [5.41, 5.74) is 1.83. The van der Waals surface area contributed by atoms with Crippen LogP contribution in [0.25, 0.3) is 0 Å². The molecule has 2 aromatic carbocycles. The molecule has 0 atom stereocenters. The number of thioether (sulfide) groups is 1. The van der Waals surface area contributed by atoms with Crippen molar-refractivity contribution in [2.75, 3.05) is 6.26 Å². The highest BCUT2D eigenvalue weighted by Crippen LogP contribution is 2.17. The first-order valence-corrected chi connectivity index (χ1v) is 6.66. The predicted molar refractivity (Wildman–Crippen MR) is 72.8 cm³/mol. The predicted octanol–water partition coefficient (Wildman–Crippen LogP) is 3.51. The molecule has 2 nitrogen and oxygen atoms in total. The number of carbonyl (C=O) groups excluding carboxylic acids is 1. The van der Waals surface area contributed by atoms with Gasteiger partial charge >= 0.3 is 0 Å². The summed E-state index contributed by atoms with van der Waals surface area (Å²) in [5.74, 6) is -0.0212. The Morgan fingerprint density at radius 2 is 1.50 bits per heavy atom. The second kappa shape index (κ2) is 5.52. The van der Waals surface area contributed by atoms with Gasteiger partial charge in [0.05, 0.1) is 11.6 Å². The van der Waals surface area contributed by atoms with E-state index in [0.29, 0.717) is 16.7 Å². The molecule has 0 saturated heterocycles. The molecule has 0 aliphatic rings. The summed E-state index contributed by atoms with van der Waals surface area (Å²) < 4.78 is 0. The molecular weight excluding hydrogens is 242 g/mol. The van der Waals surface area contributed by atoms with E-state index in [9.17, 15) is 4.79 Å². The molecule has 88 valence electrons. The van der Waals surface area contributed by atoms with Gasteiger partial charge < -0.3 is 0 Å². The lowest BCUT2D eigenvalue weighted by atomic mass is 10.0. The van der Waals surface area contributed by atoms with Gasteiger partial charge in [-0.15, -0.1) is 11.8 Å². The molecule has 0 aliphatic heterocycles. The van der Waals surface area contributed by atoms with Gasteiger partial charge in [0, 0.05) is 16.0 Å². The van der Waals surface area contributed by atoms with Crippen LogP contribution in [0.3, 0.4) is 0 Å². The van der Waals surface area contributed by atoms with Crippen molar-refractivity contribution in [2.45, 2.75) is 4.90 Å². The molecule has 0 heterocycles. The maximum absolute atomic E-state index is 12.2. The van der Waals surface area contributed by atoms with Crippen LogP contribution in [0.5, 0.6) is 0 Å². The molecule has 0 aromatic heterocycles. The zero-order valence-electron chi connectivity index (χ0n) is 9.88. The Balaban J connectivity index is 2.26. The topological polar surface area (TPSA) is 40.9 Å². The highest BCUT2D eigenvalue weighted by molar-refractivity contribution is 7.98. The normalized spacial score (nSPS) is 9.78. The van der Waals surface area contributed by atoms with Crippen LogP contribution >= 0.6 is 11.8 Å². The van der Waals surface area contributed by atoms with E-state index in [1.54, 1.807) is 36.0 Å². The molecule has 0 radical (unpaired) electrons. The monoisotopic (exact) mass is 253 g/mol. The Morgan fingerprint density at radius 3 is 1.94 bits per heavy atom. The summed E-state index contributed by atoms with van der Waals surface area (Å²) in [6.07, 6.45) is 2.00.